The van der Waals surface area contributed by atoms with Gasteiger partial charge in [0.25, 0.3) is 0 Å². The first kappa shape index (κ1) is 15.6. The number of methoxy groups -OCH3 is 1. The zero-order valence-electron chi connectivity index (χ0n) is 13.5. The van der Waals surface area contributed by atoms with Crippen LogP contribution in [0.5, 0.6) is 5.75 Å². The largest absolute Gasteiger partial charge is 0.497 e. The Morgan fingerprint density at radius 3 is 2.74 bits per heavy atom. The molecule has 0 aromatic heterocycles. The number of rotatable bonds is 5. The van der Waals surface area contributed by atoms with Gasteiger partial charge in [-0.05, 0) is 54.5 Å². The number of fused-ring (bicyclic) bond motifs is 1. The highest BCUT2D eigenvalue weighted by Crippen LogP contribution is 2.29. The molecule has 1 amide bonds. The van der Waals surface area contributed by atoms with Crippen LogP contribution in [0.25, 0.3) is 0 Å². The van der Waals surface area contributed by atoms with Gasteiger partial charge in [0.2, 0.25) is 5.91 Å². The minimum Gasteiger partial charge on any atom is -0.497 e. The first-order valence-corrected chi connectivity index (χ1v) is 8.26. The van der Waals surface area contributed by atoms with Crippen molar-refractivity contribution in [2.75, 3.05) is 7.11 Å². The molecule has 1 unspecified atom stereocenters. The molecular weight excluding hydrogens is 286 g/mol. The maximum atomic E-state index is 12.3. The van der Waals surface area contributed by atoms with Crippen LogP contribution in [0, 0.1) is 0 Å². The fourth-order valence-corrected chi connectivity index (χ4v) is 3.22. The molecule has 1 atom stereocenters. The van der Waals surface area contributed by atoms with E-state index in [0.29, 0.717) is 6.42 Å². The average Bonchev–Trinajstić information content (AvgIpc) is 2.61. The number of hydrogen-bond acceptors (Lipinski definition) is 2. The fraction of sp³-hybridized carbons (Fsp3) is 0.350. The van der Waals surface area contributed by atoms with Crippen LogP contribution < -0.4 is 10.1 Å². The lowest BCUT2D eigenvalue weighted by molar-refractivity contribution is -0.121. The molecule has 1 N–H and O–H groups in total. The van der Waals surface area contributed by atoms with Crippen molar-refractivity contribution in [2.45, 2.75) is 38.1 Å². The maximum Gasteiger partial charge on any atom is 0.220 e. The molecule has 1 aliphatic carbocycles. The normalized spacial score (nSPS) is 16.5. The molecule has 120 valence electrons. The molecule has 0 aliphatic heterocycles. The Labute approximate surface area is 137 Å². The second kappa shape index (κ2) is 7.32. The summed E-state index contributed by atoms with van der Waals surface area (Å²) in [5, 5.41) is 3.20. The lowest BCUT2D eigenvalue weighted by Gasteiger charge is -2.26. The molecule has 3 nitrogen and oxygen atoms in total. The van der Waals surface area contributed by atoms with Crippen LogP contribution >= 0.6 is 0 Å². The highest BCUT2D eigenvalue weighted by molar-refractivity contribution is 5.76. The van der Waals surface area contributed by atoms with Crippen molar-refractivity contribution in [2.24, 2.45) is 0 Å². The van der Waals surface area contributed by atoms with Crippen molar-refractivity contribution in [1.29, 1.82) is 0 Å². The highest BCUT2D eigenvalue weighted by Gasteiger charge is 2.21. The molecule has 0 heterocycles. The van der Waals surface area contributed by atoms with E-state index >= 15 is 0 Å². The summed E-state index contributed by atoms with van der Waals surface area (Å²) in [5.74, 6) is 0.972. The molecule has 0 spiro atoms. The Morgan fingerprint density at radius 2 is 1.96 bits per heavy atom. The Bertz CT molecular complexity index is 664. The fourth-order valence-electron chi connectivity index (χ4n) is 3.22. The average molecular weight is 309 g/mol. The summed E-state index contributed by atoms with van der Waals surface area (Å²) in [6.45, 7) is 0. The van der Waals surface area contributed by atoms with Gasteiger partial charge in [-0.25, -0.2) is 0 Å². The highest BCUT2D eigenvalue weighted by atomic mass is 16.5. The predicted molar refractivity (Wildman–Crippen MR) is 91.6 cm³/mol. The Hall–Kier alpha value is -2.29. The van der Waals surface area contributed by atoms with E-state index in [9.17, 15) is 4.79 Å². The second-order valence-corrected chi connectivity index (χ2v) is 6.06. The van der Waals surface area contributed by atoms with Crippen LogP contribution in [0.1, 0.15) is 42.0 Å². The van der Waals surface area contributed by atoms with Gasteiger partial charge in [-0.1, -0.05) is 36.4 Å². The maximum absolute atomic E-state index is 12.3. The number of hydrogen-bond donors (Lipinski definition) is 1. The van der Waals surface area contributed by atoms with Gasteiger partial charge in [0.1, 0.15) is 5.75 Å². The zero-order chi connectivity index (χ0) is 16.1. The van der Waals surface area contributed by atoms with Gasteiger partial charge >= 0.3 is 0 Å². The summed E-state index contributed by atoms with van der Waals surface area (Å²) in [7, 11) is 1.66. The number of benzene rings is 2. The SMILES string of the molecule is COc1ccc(CCC(=O)NC2CCCc3ccccc32)cc1. The monoisotopic (exact) mass is 309 g/mol. The van der Waals surface area contributed by atoms with Gasteiger partial charge in [0.15, 0.2) is 0 Å². The zero-order valence-corrected chi connectivity index (χ0v) is 13.5. The van der Waals surface area contributed by atoms with E-state index in [1.807, 2.05) is 24.3 Å². The summed E-state index contributed by atoms with van der Waals surface area (Å²) < 4.78 is 5.15. The molecule has 3 rings (SSSR count). The molecule has 0 saturated heterocycles. The van der Waals surface area contributed by atoms with E-state index in [1.165, 1.54) is 11.1 Å². The first-order chi connectivity index (χ1) is 11.3. The van der Waals surface area contributed by atoms with E-state index < -0.39 is 0 Å². The van der Waals surface area contributed by atoms with Crippen molar-refractivity contribution in [3.05, 3.63) is 65.2 Å². The van der Waals surface area contributed by atoms with E-state index in [1.54, 1.807) is 7.11 Å². The van der Waals surface area contributed by atoms with E-state index in [4.69, 9.17) is 4.74 Å². The molecule has 0 radical (unpaired) electrons. The van der Waals surface area contributed by atoms with Crippen molar-refractivity contribution in [3.63, 3.8) is 0 Å². The molecule has 0 saturated carbocycles. The third-order valence-corrected chi connectivity index (χ3v) is 4.50. The van der Waals surface area contributed by atoms with Crippen molar-refractivity contribution < 1.29 is 9.53 Å². The van der Waals surface area contributed by atoms with Crippen LogP contribution in [-0.4, -0.2) is 13.0 Å². The number of amides is 1. The van der Waals surface area contributed by atoms with Gasteiger partial charge in [-0.3, -0.25) is 4.79 Å². The summed E-state index contributed by atoms with van der Waals surface area (Å²) in [6, 6.07) is 16.5. The molecule has 0 fully saturated rings. The standard InChI is InChI=1S/C20H23NO2/c1-23-17-12-9-15(10-13-17)11-14-20(22)21-19-8-4-6-16-5-2-3-7-18(16)19/h2-3,5,7,9-10,12-13,19H,4,6,8,11,14H2,1H3,(H,21,22). The third kappa shape index (κ3) is 3.92. The number of carbonyl (C=O) groups is 1. The predicted octanol–water partition coefficient (Wildman–Crippen LogP) is 3.82. The lowest BCUT2D eigenvalue weighted by Crippen LogP contribution is -2.31. The Kier molecular flexibility index (Phi) is 4.96. The quantitative estimate of drug-likeness (QED) is 0.912. The Balaban J connectivity index is 1.55. The molecule has 3 heteroatoms. The van der Waals surface area contributed by atoms with Crippen molar-refractivity contribution in [1.82, 2.24) is 5.32 Å². The van der Waals surface area contributed by atoms with Gasteiger partial charge in [0.05, 0.1) is 13.2 Å². The topological polar surface area (TPSA) is 38.3 Å². The van der Waals surface area contributed by atoms with Crippen molar-refractivity contribution in [3.8, 4) is 5.75 Å². The van der Waals surface area contributed by atoms with Crippen LogP contribution in [0.15, 0.2) is 48.5 Å². The third-order valence-electron chi connectivity index (χ3n) is 4.50. The molecule has 23 heavy (non-hydrogen) atoms. The number of aryl methyl sites for hydroxylation is 2. The smallest absolute Gasteiger partial charge is 0.220 e. The number of carbonyl (C=O) groups excluding carboxylic acids is 1. The summed E-state index contributed by atoms with van der Waals surface area (Å²) >= 11 is 0. The van der Waals surface area contributed by atoms with Gasteiger partial charge < -0.3 is 10.1 Å². The van der Waals surface area contributed by atoms with Crippen LogP contribution in [-0.2, 0) is 17.6 Å². The van der Waals surface area contributed by atoms with E-state index in [2.05, 4.69) is 29.6 Å². The number of ether oxygens (including phenoxy) is 1. The molecule has 0 bridgehead atoms. The molecular formula is C20H23NO2. The summed E-state index contributed by atoms with van der Waals surface area (Å²) in [6.07, 6.45) is 4.56. The Morgan fingerprint density at radius 1 is 1.17 bits per heavy atom. The van der Waals surface area contributed by atoms with E-state index in [0.717, 1.165) is 37.0 Å². The van der Waals surface area contributed by atoms with Crippen LogP contribution in [0.3, 0.4) is 0 Å². The minimum atomic E-state index is 0.127. The molecule has 2 aromatic rings. The first-order valence-electron chi connectivity index (χ1n) is 8.26. The second-order valence-electron chi connectivity index (χ2n) is 6.06. The minimum absolute atomic E-state index is 0.127. The van der Waals surface area contributed by atoms with E-state index in [-0.39, 0.29) is 11.9 Å². The molecule has 1 aliphatic rings. The summed E-state index contributed by atoms with van der Waals surface area (Å²) in [5.41, 5.74) is 3.82. The van der Waals surface area contributed by atoms with Gasteiger partial charge in [0, 0.05) is 6.42 Å². The lowest BCUT2D eigenvalue weighted by atomic mass is 9.87. The van der Waals surface area contributed by atoms with Crippen LogP contribution in [0.4, 0.5) is 0 Å². The number of nitrogens with one attached hydrogen (secondary N) is 1. The molecule has 2 aromatic carbocycles. The van der Waals surface area contributed by atoms with Crippen molar-refractivity contribution >= 4 is 5.91 Å². The van der Waals surface area contributed by atoms with Gasteiger partial charge in [-0.15, -0.1) is 0 Å². The van der Waals surface area contributed by atoms with Gasteiger partial charge in [-0.2, -0.15) is 0 Å². The van der Waals surface area contributed by atoms with Crippen LogP contribution in [0.2, 0.25) is 0 Å². The summed E-state index contributed by atoms with van der Waals surface area (Å²) in [4.78, 5) is 12.3.